The van der Waals surface area contributed by atoms with Crippen LogP contribution in [0.15, 0.2) is 0 Å². The van der Waals surface area contributed by atoms with Gasteiger partial charge in [-0.05, 0) is 24.8 Å². The third-order valence-electron chi connectivity index (χ3n) is 3.46. The zero-order chi connectivity index (χ0) is 11.8. The van der Waals surface area contributed by atoms with Crippen LogP contribution in [0.3, 0.4) is 0 Å². The Balaban J connectivity index is 1.90. The fraction of sp³-hybridized carbons (Fsp3) is 0.583. The van der Waals surface area contributed by atoms with Gasteiger partial charge in [-0.1, -0.05) is 0 Å². The summed E-state index contributed by atoms with van der Waals surface area (Å²) in [5, 5.41) is 0.700. The lowest BCUT2D eigenvalue weighted by molar-refractivity contribution is 0.0303. The molecule has 1 fully saturated rings. The number of thiophene rings is 1. The largest absolute Gasteiger partial charge is 0.390 e. The summed E-state index contributed by atoms with van der Waals surface area (Å²) in [6.45, 7) is 2.64. The lowest BCUT2D eigenvalue weighted by Crippen LogP contribution is -2.41. The van der Waals surface area contributed by atoms with Gasteiger partial charge in [0.15, 0.2) is 0 Å². The van der Waals surface area contributed by atoms with Crippen LogP contribution >= 0.6 is 11.3 Å². The first kappa shape index (κ1) is 11.0. The molecule has 2 N–H and O–H groups in total. The zero-order valence-corrected chi connectivity index (χ0v) is 10.5. The minimum atomic E-state index is 0.102. The third kappa shape index (κ3) is 1.83. The molecule has 1 aliphatic heterocycles. The minimum Gasteiger partial charge on any atom is -0.390 e. The van der Waals surface area contributed by atoms with E-state index in [0.717, 1.165) is 24.8 Å². The van der Waals surface area contributed by atoms with Crippen molar-refractivity contribution in [3.05, 3.63) is 16.0 Å². The van der Waals surface area contributed by atoms with Crippen LogP contribution in [0.2, 0.25) is 0 Å². The number of nitrogen functional groups attached to an aromatic ring is 1. The SMILES string of the molecule is Nc1sc2c(c1C(=O)N1CCOCC1)CCC2. The van der Waals surface area contributed by atoms with E-state index < -0.39 is 0 Å². The Hall–Kier alpha value is -1.07. The van der Waals surface area contributed by atoms with Gasteiger partial charge < -0.3 is 15.4 Å². The van der Waals surface area contributed by atoms with Crippen molar-refractivity contribution >= 4 is 22.2 Å². The summed E-state index contributed by atoms with van der Waals surface area (Å²) in [4.78, 5) is 15.6. The number of hydrogen-bond donors (Lipinski definition) is 1. The Morgan fingerprint density at radius 3 is 2.82 bits per heavy atom. The summed E-state index contributed by atoms with van der Waals surface area (Å²) in [7, 11) is 0. The van der Waals surface area contributed by atoms with Crippen LogP contribution in [0.4, 0.5) is 5.00 Å². The van der Waals surface area contributed by atoms with Crippen LogP contribution in [0.5, 0.6) is 0 Å². The van der Waals surface area contributed by atoms with E-state index in [9.17, 15) is 4.79 Å². The number of anilines is 1. The average molecular weight is 252 g/mol. The van der Waals surface area contributed by atoms with Gasteiger partial charge in [-0.25, -0.2) is 0 Å². The number of nitrogens with zero attached hydrogens (tertiary/aromatic N) is 1. The van der Waals surface area contributed by atoms with Crippen molar-refractivity contribution in [3.8, 4) is 0 Å². The lowest BCUT2D eigenvalue weighted by atomic mass is 10.1. The molecule has 1 saturated heterocycles. The third-order valence-corrected chi connectivity index (χ3v) is 4.58. The van der Waals surface area contributed by atoms with Crippen molar-refractivity contribution in [2.75, 3.05) is 32.0 Å². The molecule has 0 bridgehead atoms. The molecule has 0 saturated carbocycles. The molecule has 0 aromatic carbocycles. The maximum atomic E-state index is 12.4. The molecular weight excluding hydrogens is 236 g/mol. The monoisotopic (exact) mass is 252 g/mol. The standard InChI is InChI=1S/C12H16N2O2S/c13-11-10(8-2-1-3-9(8)17-11)12(15)14-4-6-16-7-5-14/h1-7,13H2. The van der Waals surface area contributed by atoms with E-state index in [4.69, 9.17) is 10.5 Å². The van der Waals surface area contributed by atoms with Crippen LogP contribution in [-0.4, -0.2) is 37.1 Å². The van der Waals surface area contributed by atoms with Crippen molar-refractivity contribution < 1.29 is 9.53 Å². The Morgan fingerprint density at radius 2 is 2.06 bits per heavy atom. The van der Waals surface area contributed by atoms with E-state index in [1.807, 2.05) is 4.90 Å². The van der Waals surface area contributed by atoms with Crippen LogP contribution in [0, 0.1) is 0 Å². The Labute approximate surface area is 104 Å². The molecule has 1 aromatic rings. The second kappa shape index (κ2) is 4.31. The number of amides is 1. The van der Waals surface area contributed by atoms with E-state index >= 15 is 0 Å². The number of carbonyl (C=O) groups excluding carboxylic acids is 1. The molecule has 2 aliphatic rings. The molecule has 5 heteroatoms. The van der Waals surface area contributed by atoms with Crippen molar-refractivity contribution in [1.29, 1.82) is 0 Å². The summed E-state index contributed by atoms with van der Waals surface area (Å²) in [5.74, 6) is 0.102. The number of fused-ring (bicyclic) bond motifs is 1. The molecule has 0 radical (unpaired) electrons. The van der Waals surface area contributed by atoms with Gasteiger partial charge >= 0.3 is 0 Å². The first-order valence-corrected chi connectivity index (χ1v) is 6.86. The van der Waals surface area contributed by atoms with Crippen molar-refractivity contribution in [2.24, 2.45) is 0 Å². The molecular formula is C12H16N2O2S. The molecule has 0 atom stereocenters. The number of carbonyl (C=O) groups is 1. The molecule has 1 aromatic heterocycles. The number of ether oxygens (including phenoxy) is 1. The number of aryl methyl sites for hydroxylation is 1. The van der Waals surface area contributed by atoms with Crippen LogP contribution in [0.1, 0.15) is 27.2 Å². The first-order valence-electron chi connectivity index (χ1n) is 6.04. The molecule has 4 nitrogen and oxygen atoms in total. The maximum absolute atomic E-state index is 12.4. The van der Waals surface area contributed by atoms with Crippen molar-refractivity contribution in [2.45, 2.75) is 19.3 Å². The highest BCUT2D eigenvalue weighted by molar-refractivity contribution is 7.16. The van der Waals surface area contributed by atoms with Crippen LogP contribution < -0.4 is 5.73 Å². The molecule has 0 unspecified atom stereocenters. The Morgan fingerprint density at radius 1 is 1.29 bits per heavy atom. The fourth-order valence-electron chi connectivity index (χ4n) is 2.58. The highest BCUT2D eigenvalue weighted by Gasteiger charge is 2.28. The normalized spacial score (nSPS) is 19.4. The second-order valence-corrected chi connectivity index (χ2v) is 5.64. The Bertz CT molecular complexity index is 450. The van der Waals surface area contributed by atoms with Gasteiger partial charge in [0, 0.05) is 18.0 Å². The number of morpholine rings is 1. The molecule has 92 valence electrons. The smallest absolute Gasteiger partial charge is 0.257 e. The van der Waals surface area contributed by atoms with Crippen LogP contribution in [-0.2, 0) is 17.6 Å². The quantitative estimate of drug-likeness (QED) is 0.819. The first-order chi connectivity index (χ1) is 8.27. The van der Waals surface area contributed by atoms with Gasteiger partial charge in [-0.2, -0.15) is 0 Å². The topological polar surface area (TPSA) is 55.6 Å². The van der Waals surface area contributed by atoms with Gasteiger partial charge in [0.2, 0.25) is 0 Å². The summed E-state index contributed by atoms with van der Waals surface area (Å²) in [5.41, 5.74) is 7.99. The highest BCUT2D eigenvalue weighted by atomic mass is 32.1. The number of hydrogen-bond acceptors (Lipinski definition) is 4. The van der Waals surface area contributed by atoms with E-state index in [2.05, 4.69) is 0 Å². The summed E-state index contributed by atoms with van der Waals surface area (Å²) >= 11 is 1.59. The Kier molecular flexibility index (Phi) is 2.80. The highest BCUT2D eigenvalue weighted by Crippen LogP contribution is 2.37. The maximum Gasteiger partial charge on any atom is 0.257 e. The molecule has 1 aliphatic carbocycles. The van der Waals surface area contributed by atoms with Crippen molar-refractivity contribution in [1.82, 2.24) is 4.90 Å². The number of rotatable bonds is 1. The minimum absolute atomic E-state index is 0.102. The molecule has 0 spiro atoms. The average Bonchev–Trinajstić information content (AvgIpc) is 2.89. The van der Waals surface area contributed by atoms with Gasteiger partial charge in [0.05, 0.1) is 23.8 Å². The predicted octanol–water partition coefficient (Wildman–Crippen LogP) is 1.29. The summed E-state index contributed by atoms with van der Waals surface area (Å²) in [6, 6.07) is 0. The predicted molar refractivity (Wildman–Crippen MR) is 67.5 cm³/mol. The van der Waals surface area contributed by atoms with E-state index in [1.54, 1.807) is 11.3 Å². The van der Waals surface area contributed by atoms with E-state index in [1.165, 1.54) is 10.4 Å². The lowest BCUT2D eigenvalue weighted by Gasteiger charge is -2.27. The van der Waals surface area contributed by atoms with Gasteiger partial charge in [0.25, 0.3) is 5.91 Å². The van der Waals surface area contributed by atoms with Gasteiger partial charge in [0.1, 0.15) is 0 Å². The zero-order valence-electron chi connectivity index (χ0n) is 9.70. The molecule has 2 heterocycles. The number of nitrogens with two attached hydrogens (primary N) is 1. The summed E-state index contributed by atoms with van der Waals surface area (Å²) < 4.78 is 5.27. The summed E-state index contributed by atoms with van der Waals surface area (Å²) in [6.07, 6.45) is 3.25. The molecule has 3 rings (SSSR count). The van der Waals surface area contributed by atoms with E-state index in [-0.39, 0.29) is 5.91 Å². The molecule has 17 heavy (non-hydrogen) atoms. The fourth-order valence-corrected chi connectivity index (χ4v) is 3.74. The van der Waals surface area contributed by atoms with Gasteiger partial charge in [-0.15, -0.1) is 11.3 Å². The van der Waals surface area contributed by atoms with Crippen LogP contribution in [0.25, 0.3) is 0 Å². The van der Waals surface area contributed by atoms with Gasteiger partial charge in [-0.3, -0.25) is 4.79 Å². The van der Waals surface area contributed by atoms with E-state index in [0.29, 0.717) is 31.3 Å². The second-order valence-electron chi connectivity index (χ2n) is 4.50. The molecule has 1 amide bonds. The van der Waals surface area contributed by atoms with Crippen molar-refractivity contribution in [3.63, 3.8) is 0 Å².